The number of ether oxygens (including phenoxy) is 1. The van der Waals surface area contributed by atoms with E-state index in [0.29, 0.717) is 12.0 Å². The van der Waals surface area contributed by atoms with Gasteiger partial charge in [-0.1, -0.05) is 27.7 Å². The van der Waals surface area contributed by atoms with Gasteiger partial charge < -0.3 is 10.1 Å². The SMILES string of the molecule is CCCNCC(=O)O[C@@H]1C[C@H]2CC[C@@]1(C)C2(C)C. The van der Waals surface area contributed by atoms with E-state index in [0.717, 1.165) is 25.3 Å². The maximum absolute atomic E-state index is 11.8. The molecule has 0 radical (unpaired) electrons. The van der Waals surface area contributed by atoms with E-state index in [2.05, 4.69) is 33.0 Å². The van der Waals surface area contributed by atoms with E-state index in [1.807, 2.05) is 0 Å². The minimum Gasteiger partial charge on any atom is -0.461 e. The van der Waals surface area contributed by atoms with E-state index in [1.165, 1.54) is 12.8 Å². The van der Waals surface area contributed by atoms with Crippen LogP contribution in [0.25, 0.3) is 0 Å². The van der Waals surface area contributed by atoms with Gasteiger partial charge >= 0.3 is 5.97 Å². The predicted molar refractivity (Wildman–Crippen MR) is 72.3 cm³/mol. The van der Waals surface area contributed by atoms with Crippen molar-refractivity contribution in [2.75, 3.05) is 13.1 Å². The first kappa shape index (κ1) is 13.9. The molecule has 18 heavy (non-hydrogen) atoms. The van der Waals surface area contributed by atoms with Gasteiger partial charge in [-0.2, -0.15) is 0 Å². The number of carbonyl (C=O) groups is 1. The number of carbonyl (C=O) groups excluding carboxylic acids is 1. The van der Waals surface area contributed by atoms with Gasteiger partial charge in [-0.05, 0) is 43.6 Å². The maximum atomic E-state index is 11.8. The third-order valence-corrected chi connectivity index (χ3v) is 5.68. The molecule has 0 aliphatic heterocycles. The van der Waals surface area contributed by atoms with E-state index in [4.69, 9.17) is 4.74 Å². The Morgan fingerprint density at radius 2 is 2.11 bits per heavy atom. The van der Waals surface area contributed by atoms with Crippen LogP contribution >= 0.6 is 0 Å². The van der Waals surface area contributed by atoms with Crippen LogP contribution in [0.1, 0.15) is 53.4 Å². The predicted octanol–water partition coefficient (Wildman–Crippen LogP) is 2.74. The largest absolute Gasteiger partial charge is 0.461 e. The molecule has 3 heteroatoms. The Bertz CT molecular complexity index is 326. The first-order valence-corrected chi connectivity index (χ1v) is 7.32. The second-order valence-corrected chi connectivity index (χ2v) is 6.77. The summed E-state index contributed by atoms with van der Waals surface area (Å²) in [6.07, 6.45) is 4.73. The summed E-state index contributed by atoms with van der Waals surface area (Å²) in [5.74, 6) is 0.641. The first-order valence-electron chi connectivity index (χ1n) is 7.32. The molecule has 0 heterocycles. The topological polar surface area (TPSA) is 38.3 Å². The van der Waals surface area contributed by atoms with Crippen LogP contribution in [0.15, 0.2) is 0 Å². The summed E-state index contributed by atoms with van der Waals surface area (Å²) in [5.41, 5.74) is 0.493. The van der Waals surface area contributed by atoms with Crippen LogP contribution < -0.4 is 5.32 Å². The Hall–Kier alpha value is -0.570. The summed E-state index contributed by atoms with van der Waals surface area (Å²) in [6, 6.07) is 0. The van der Waals surface area contributed by atoms with E-state index in [9.17, 15) is 4.79 Å². The fourth-order valence-electron chi connectivity index (χ4n) is 3.88. The molecule has 0 aromatic carbocycles. The Kier molecular flexibility index (Phi) is 3.72. The van der Waals surface area contributed by atoms with Crippen molar-refractivity contribution in [3.05, 3.63) is 0 Å². The van der Waals surface area contributed by atoms with Crippen LogP contribution in [0, 0.1) is 16.7 Å². The molecular formula is C15H27NO2. The average Bonchev–Trinajstić information content (AvgIpc) is 2.62. The van der Waals surface area contributed by atoms with Gasteiger partial charge in [0.05, 0.1) is 6.54 Å². The molecule has 2 aliphatic carbocycles. The highest BCUT2D eigenvalue weighted by molar-refractivity contribution is 5.72. The molecule has 2 bridgehead atoms. The van der Waals surface area contributed by atoms with Gasteiger partial charge in [-0.25, -0.2) is 0 Å². The molecule has 1 N–H and O–H groups in total. The molecule has 3 nitrogen and oxygen atoms in total. The van der Waals surface area contributed by atoms with Crippen molar-refractivity contribution in [1.82, 2.24) is 5.32 Å². The van der Waals surface area contributed by atoms with Gasteiger partial charge in [0.25, 0.3) is 0 Å². The highest BCUT2D eigenvalue weighted by Gasteiger charge is 2.62. The summed E-state index contributed by atoms with van der Waals surface area (Å²) in [5, 5.41) is 3.11. The highest BCUT2D eigenvalue weighted by Crippen LogP contribution is 2.66. The van der Waals surface area contributed by atoms with Gasteiger partial charge in [-0.15, -0.1) is 0 Å². The van der Waals surface area contributed by atoms with E-state index >= 15 is 0 Å². The number of fused-ring (bicyclic) bond motifs is 2. The van der Waals surface area contributed by atoms with Crippen LogP contribution in [0.3, 0.4) is 0 Å². The third kappa shape index (κ3) is 2.07. The molecule has 0 spiro atoms. The Morgan fingerprint density at radius 3 is 2.61 bits per heavy atom. The number of hydrogen-bond acceptors (Lipinski definition) is 3. The van der Waals surface area contributed by atoms with Crippen LogP contribution in [0.5, 0.6) is 0 Å². The minimum atomic E-state index is -0.0852. The molecule has 2 aliphatic rings. The Morgan fingerprint density at radius 1 is 1.39 bits per heavy atom. The fourth-order valence-corrected chi connectivity index (χ4v) is 3.88. The lowest BCUT2D eigenvalue weighted by Crippen LogP contribution is -2.40. The lowest BCUT2D eigenvalue weighted by Gasteiger charge is -2.38. The molecule has 2 saturated carbocycles. The van der Waals surface area contributed by atoms with Crippen LogP contribution in [0.2, 0.25) is 0 Å². The number of hydrogen-bond donors (Lipinski definition) is 1. The van der Waals surface area contributed by atoms with E-state index in [-0.39, 0.29) is 17.5 Å². The van der Waals surface area contributed by atoms with E-state index < -0.39 is 0 Å². The van der Waals surface area contributed by atoms with Crippen molar-refractivity contribution in [2.24, 2.45) is 16.7 Å². The summed E-state index contributed by atoms with van der Waals surface area (Å²) in [7, 11) is 0. The molecule has 3 atom stereocenters. The molecule has 2 fully saturated rings. The fraction of sp³-hybridized carbons (Fsp3) is 0.933. The average molecular weight is 253 g/mol. The second-order valence-electron chi connectivity index (χ2n) is 6.77. The summed E-state index contributed by atoms with van der Waals surface area (Å²) >= 11 is 0. The monoisotopic (exact) mass is 253 g/mol. The standard InChI is InChI=1S/C15H27NO2/c1-5-8-16-10-13(17)18-12-9-11-6-7-15(12,4)14(11,2)3/h11-12,16H,5-10H2,1-4H3/t11-,12-,15-/m1/s1. The molecule has 0 aromatic rings. The Balaban J connectivity index is 1.90. The third-order valence-electron chi connectivity index (χ3n) is 5.68. The van der Waals surface area contributed by atoms with Crippen molar-refractivity contribution in [3.63, 3.8) is 0 Å². The lowest BCUT2D eigenvalue weighted by atomic mass is 9.70. The zero-order valence-electron chi connectivity index (χ0n) is 12.2. The molecular weight excluding hydrogens is 226 g/mol. The van der Waals surface area contributed by atoms with Gasteiger partial charge in [0, 0.05) is 5.41 Å². The number of esters is 1. The molecule has 0 amide bonds. The smallest absolute Gasteiger partial charge is 0.320 e. The van der Waals surface area contributed by atoms with Crippen molar-refractivity contribution in [1.29, 1.82) is 0 Å². The lowest BCUT2D eigenvalue weighted by molar-refractivity contribution is -0.155. The zero-order chi connectivity index (χ0) is 13.4. The maximum Gasteiger partial charge on any atom is 0.320 e. The van der Waals surface area contributed by atoms with Crippen LogP contribution in [0.4, 0.5) is 0 Å². The highest BCUT2D eigenvalue weighted by atomic mass is 16.5. The van der Waals surface area contributed by atoms with Crippen LogP contribution in [-0.2, 0) is 9.53 Å². The van der Waals surface area contributed by atoms with Gasteiger partial charge in [0.1, 0.15) is 6.10 Å². The minimum absolute atomic E-state index is 0.0852. The normalized spacial score (nSPS) is 36.9. The molecule has 0 aromatic heterocycles. The summed E-state index contributed by atoms with van der Waals surface area (Å²) in [6.45, 7) is 10.3. The molecule has 2 rings (SSSR count). The number of nitrogens with one attached hydrogen (secondary N) is 1. The van der Waals surface area contributed by atoms with Crippen molar-refractivity contribution < 1.29 is 9.53 Å². The van der Waals surface area contributed by atoms with Gasteiger partial charge in [0.2, 0.25) is 0 Å². The van der Waals surface area contributed by atoms with Gasteiger partial charge in [-0.3, -0.25) is 4.79 Å². The second kappa shape index (κ2) is 4.84. The summed E-state index contributed by atoms with van der Waals surface area (Å²) in [4.78, 5) is 11.8. The zero-order valence-corrected chi connectivity index (χ0v) is 12.2. The molecule has 0 saturated heterocycles. The van der Waals surface area contributed by atoms with Crippen molar-refractivity contribution in [3.8, 4) is 0 Å². The van der Waals surface area contributed by atoms with E-state index in [1.54, 1.807) is 0 Å². The molecule has 0 unspecified atom stereocenters. The number of rotatable bonds is 5. The Labute approximate surface area is 111 Å². The van der Waals surface area contributed by atoms with Gasteiger partial charge in [0.15, 0.2) is 0 Å². The molecule has 104 valence electrons. The van der Waals surface area contributed by atoms with Crippen molar-refractivity contribution in [2.45, 2.75) is 59.5 Å². The quantitative estimate of drug-likeness (QED) is 0.605. The van der Waals surface area contributed by atoms with Crippen LogP contribution in [-0.4, -0.2) is 25.2 Å². The first-order chi connectivity index (χ1) is 8.41. The summed E-state index contributed by atoms with van der Waals surface area (Å²) < 4.78 is 5.73. The van der Waals surface area contributed by atoms with Crippen molar-refractivity contribution >= 4 is 5.97 Å².